The minimum absolute atomic E-state index is 0.0257. The van der Waals surface area contributed by atoms with Gasteiger partial charge in [0.15, 0.2) is 0 Å². The van der Waals surface area contributed by atoms with Crippen molar-refractivity contribution in [3.63, 3.8) is 0 Å². The Labute approximate surface area is 97.9 Å². The SMILES string of the molecule is C/C=C/C(=O)N(CC)[C@@H](CC)C(=O)N(C)C. The van der Waals surface area contributed by atoms with E-state index >= 15 is 0 Å². The lowest BCUT2D eigenvalue weighted by atomic mass is 10.1. The Morgan fingerprint density at radius 1 is 1.25 bits per heavy atom. The maximum Gasteiger partial charge on any atom is 0.246 e. The van der Waals surface area contributed by atoms with Crippen LogP contribution in [-0.2, 0) is 9.59 Å². The standard InChI is InChI=1S/C12H22N2O2/c1-6-9-11(15)14(8-3)10(7-2)12(16)13(4)5/h6,9-10H,7-8H2,1-5H3/b9-6+/t10-/m0/s1. The van der Waals surface area contributed by atoms with Gasteiger partial charge in [-0.15, -0.1) is 0 Å². The highest BCUT2D eigenvalue weighted by atomic mass is 16.2. The Hall–Kier alpha value is -1.32. The van der Waals surface area contributed by atoms with Crippen molar-refractivity contribution < 1.29 is 9.59 Å². The molecule has 92 valence electrons. The van der Waals surface area contributed by atoms with Gasteiger partial charge in [0.25, 0.3) is 0 Å². The maximum absolute atomic E-state index is 11.9. The molecule has 0 N–H and O–H groups in total. The fourth-order valence-corrected chi connectivity index (χ4v) is 1.59. The summed E-state index contributed by atoms with van der Waals surface area (Å²) in [7, 11) is 3.41. The first-order valence-electron chi connectivity index (χ1n) is 5.63. The summed E-state index contributed by atoms with van der Waals surface area (Å²) in [6, 6.07) is -0.358. The fourth-order valence-electron chi connectivity index (χ4n) is 1.59. The van der Waals surface area contributed by atoms with Crippen molar-refractivity contribution in [3.05, 3.63) is 12.2 Å². The van der Waals surface area contributed by atoms with Crippen LogP contribution in [0.4, 0.5) is 0 Å². The van der Waals surface area contributed by atoms with Crippen molar-refractivity contribution in [2.75, 3.05) is 20.6 Å². The van der Waals surface area contributed by atoms with Gasteiger partial charge in [-0.25, -0.2) is 0 Å². The molecule has 0 saturated carbocycles. The zero-order valence-corrected chi connectivity index (χ0v) is 10.9. The summed E-state index contributed by atoms with van der Waals surface area (Å²) in [5.74, 6) is -0.130. The third kappa shape index (κ3) is 3.68. The number of hydrogen-bond donors (Lipinski definition) is 0. The highest BCUT2D eigenvalue weighted by Gasteiger charge is 2.26. The van der Waals surface area contributed by atoms with Crippen LogP contribution in [-0.4, -0.2) is 48.3 Å². The quantitative estimate of drug-likeness (QED) is 0.663. The number of carbonyl (C=O) groups excluding carboxylic acids is 2. The number of rotatable bonds is 5. The van der Waals surface area contributed by atoms with Crippen LogP contribution in [0.25, 0.3) is 0 Å². The smallest absolute Gasteiger partial charge is 0.246 e. The molecule has 0 fully saturated rings. The number of hydrogen-bond acceptors (Lipinski definition) is 2. The Kier molecular flexibility index (Phi) is 6.46. The number of allylic oxidation sites excluding steroid dienone is 1. The molecule has 0 rings (SSSR count). The Bertz CT molecular complexity index is 272. The average Bonchev–Trinajstić information content (AvgIpc) is 2.24. The molecule has 4 heteroatoms. The first-order valence-corrected chi connectivity index (χ1v) is 5.63. The molecular weight excluding hydrogens is 204 g/mol. The second-order valence-corrected chi connectivity index (χ2v) is 3.78. The highest BCUT2D eigenvalue weighted by Crippen LogP contribution is 2.08. The lowest BCUT2D eigenvalue weighted by Crippen LogP contribution is -2.48. The molecule has 0 spiro atoms. The molecule has 0 radical (unpaired) electrons. The number of amides is 2. The van der Waals surface area contributed by atoms with E-state index in [0.29, 0.717) is 13.0 Å². The van der Waals surface area contributed by atoms with Gasteiger partial charge in [0, 0.05) is 20.6 Å². The van der Waals surface area contributed by atoms with Crippen LogP contribution >= 0.6 is 0 Å². The normalized spacial score (nSPS) is 12.6. The van der Waals surface area contributed by atoms with Crippen LogP contribution in [0, 0.1) is 0 Å². The van der Waals surface area contributed by atoms with Gasteiger partial charge in [-0.3, -0.25) is 9.59 Å². The van der Waals surface area contributed by atoms with Crippen LogP contribution in [0.15, 0.2) is 12.2 Å². The molecule has 1 atom stereocenters. The molecule has 0 aliphatic rings. The van der Waals surface area contributed by atoms with E-state index in [9.17, 15) is 9.59 Å². The van der Waals surface area contributed by atoms with Crippen LogP contribution in [0.3, 0.4) is 0 Å². The Morgan fingerprint density at radius 2 is 1.81 bits per heavy atom. The van der Waals surface area contributed by atoms with Gasteiger partial charge in [0.2, 0.25) is 11.8 Å². The molecule has 0 aromatic rings. The summed E-state index contributed by atoms with van der Waals surface area (Å²) in [6.45, 7) is 6.13. The van der Waals surface area contributed by atoms with E-state index in [1.54, 1.807) is 32.0 Å². The molecule has 2 amide bonds. The first kappa shape index (κ1) is 14.7. The van der Waals surface area contributed by atoms with Crippen LogP contribution in [0.1, 0.15) is 27.2 Å². The van der Waals surface area contributed by atoms with E-state index in [0.717, 1.165) is 0 Å². The minimum atomic E-state index is -0.358. The number of likely N-dealkylation sites (N-methyl/N-ethyl adjacent to an activating group) is 2. The van der Waals surface area contributed by atoms with Gasteiger partial charge in [-0.1, -0.05) is 13.0 Å². The summed E-state index contributed by atoms with van der Waals surface area (Å²) in [5.41, 5.74) is 0. The van der Waals surface area contributed by atoms with Crippen molar-refractivity contribution in [1.82, 2.24) is 9.80 Å². The predicted molar refractivity (Wildman–Crippen MR) is 65.0 cm³/mol. The minimum Gasteiger partial charge on any atom is -0.347 e. The molecule has 4 nitrogen and oxygen atoms in total. The summed E-state index contributed by atoms with van der Waals surface area (Å²) in [6.07, 6.45) is 3.82. The first-order chi connectivity index (χ1) is 7.49. The summed E-state index contributed by atoms with van der Waals surface area (Å²) in [5, 5.41) is 0. The van der Waals surface area contributed by atoms with E-state index in [1.165, 1.54) is 11.0 Å². The van der Waals surface area contributed by atoms with Gasteiger partial charge < -0.3 is 9.80 Å². The third-order valence-electron chi connectivity index (χ3n) is 2.42. The van der Waals surface area contributed by atoms with E-state index in [1.807, 2.05) is 13.8 Å². The molecule has 0 heterocycles. The van der Waals surface area contributed by atoms with E-state index < -0.39 is 0 Å². The summed E-state index contributed by atoms with van der Waals surface area (Å²) in [4.78, 5) is 26.8. The van der Waals surface area contributed by atoms with Crippen molar-refractivity contribution >= 4 is 11.8 Å². The molecule has 0 aliphatic heterocycles. The summed E-state index contributed by atoms with van der Waals surface area (Å²) < 4.78 is 0. The molecule has 16 heavy (non-hydrogen) atoms. The highest BCUT2D eigenvalue weighted by molar-refractivity contribution is 5.92. The lowest BCUT2D eigenvalue weighted by Gasteiger charge is -2.30. The summed E-state index contributed by atoms with van der Waals surface area (Å²) >= 11 is 0. The Morgan fingerprint density at radius 3 is 2.12 bits per heavy atom. The van der Waals surface area contributed by atoms with E-state index in [4.69, 9.17) is 0 Å². The van der Waals surface area contributed by atoms with E-state index in [2.05, 4.69) is 0 Å². The van der Waals surface area contributed by atoms with Crippen LogP contribution in [0.2, 0.25) is 0 Å². The molecule has 0 saturated heterocycles. The number of nitrogens with zero attached hydrogens (tertiary/aromatic N) is 2. The van der Waals surface area contributed by atoms with Crippen molar-refractivity contribution in [3.8, 4) is 0 Å². The predicted octanol–water partition coefficient (Wildman–Crippen LogP) is 1.28. The second-order valence-electron chi connectivity index (χ2n) is 3.78. The van der Waals surface area contributed by atoms with Crippen molar-refractivity contribution in [2.45, 2.75) is 33.2 Å². The van der Waals surface area contributed by atoms with Gasteiger partial charge in [-0.2, -0.15) is 0 Å². The molecule has 0 aromatic carbocycles. The topological polar surface area (TPSA) is 40.6 Å². The zero-order valence-electron chi connectivity index (χ0n) is 10.9. The second kappa shape index (κ2) is 7.04. The van der Waals surface area contributed by atoms with Gasteiger partial charge in [0.1, 0.15) is 6.04 Å². The van der Waals surface area contributed by atoms with Crippen LogP contribution in [0.5, 0.6) is 0 Å². The van der Waals surface area contributed by atoms with Crippen molar-refractivity contribution in [2.24, 2.45) is 0 Å². The lowest BCUT2D eigenvalue weighted by molar-refractivity contribution is -0.141. The third-order valence-corrected chi connectivity index (χ3v) is 2.42. The average molecular weight is 226 g/mol. The molecule has 0 bridgehead atoms. The van der Waals surface area contributed by atoms with Crippen LogP contribution < -0.4 is 0 Å². The monoisotopic (exact) mass is 226 g/mol. The largest absolute Gasteiger partial charge is 0.347 e. The fraction of sp³-hybridized carbons (Fsp3) is 0.667. The van der Waals surface area contributed by atoms with Gasteiger partial charge in [0.05, 0.1) is 0 Å². The molecule has 0 unspecified atom stereocenters. The number of carbonyl (C=O) groups is 2. The zero-order chi connectivity index (χ0) is 12.7. The molecule has 0 aliphatic carbocycles. The molecule has 0 aromatic heterocycles. The van der Waals surface area contributed by atoms with Crippen molar-refractivity contribution in [1.29, 1.82) is 0 Å². The Balaban J connectivity index is 4.89. The van der Waals surface area contributed by atoms with E-state index in [-0.39, 0.29) is 17.9 Å². The molecular formula is C12H22N2O2. The van der Waals surface area contributed by atoms with Gasteiger partial charge >= 0.3 is 0 Å². The van der Waals surface area contributed by atoms with Gasteiger partial charge in [-0.05, 0) is 26.3 Å². The maximum atomic E-state index is 11.9.